The molecule has 0 bridgehead atoms. The average Bonchev–Trinajstić information content (AvgIpc) is 3.32. The number of hydrazone groups is 1. The number of ether oxygens (including phenoxy) is 3. The largest absolute Gasteiger partial charge is 0.496 e. The van der Waals surface area contributed by atoms with E-state index in [4.69, 9.17) is 14.2 Å². The minimum Gasteiger partial charge on any atom is -0.496 e. The Morgan fingerprint density at radius 3 is 2.62 bits per heavy atom. The van der Waals surface area contributed by atoms with Crippen LogP contribution in [0.2, 0.25) is 0 Å². The molecule has 34 heavy (non-hydrogen) atoms. The van der Waals surface area contributed by atoms with E-state index in [1.54, 1.807) is 67.8 Å². The van der Waals surface area contributed by atoms with E-state index in [-0.39, 0.29) is 12.5 Å². The molecule has 8 nitrogen and oxygen atoms in total. The summed E-state index contributed by atoms with van der Waals surface area (Å²) in [5.74, 6) is 0.731. The predicted molar refractivity (Wildman–Crippen MR) is 131 cm³/mol. The quantitative estimate of drug-likeness (QED) is 0.277. The highest BCUT2D eigenvalue weighted by Gasteiger charge is 2.17. The van der Waals surface area contributed by atoms with E-state index >= 15 is 0 Å². The van der Waals surface area contributed by atoms with Gasteiger partial charge in [-0.2, -0.15) is 5.10 Å². The predicted octanol–water partition coefficient (Wildman–Crippen LogP) is 4.11. The normalized spacial score (nSPS) is 12.5. The van der Waals surface area contributed by atoms with E-state index in [0.29, 0.717) is 33.9 Å². The molecule has 2 N–H and O–H groups in total. The van der Waals surface area contributed by atoms with Crippen molar-refractivity contribution < 1.29 is 23.8 Å². The summed E-state index contributed by atoms with van der Waals surface area (Å²) in [5.41, 5.74) is 4.17. The Bertz CT molecular complexity index is 1270. The van der Waals surface area contributed by atoms with Gasteiger partial charge >= 0.3 is 0 Å². The van der Waals surface area contributed by atoms with Crippen LogP contribution in [0.1, 0.15) is 21.5 Å². The number of halogens is 1. The maximum atomic E-state index is 13.0. The summed E-state index contributed by atoms with van der Waals surface area (Å²) >= 11 is 3.40. The first-order valence-electron chi connectivity index (χ1n) is 10.2. The van der Waals surface area contributed by atoms with Gasteiger partial charge in [-0.15, -0.1) is 0 Å². The number of hydrogen-bond acceptors (Lipinski definition) is 6. The molecule has 4 rings (SSSR count). The van der Waals surface area contributed by atoms with Crippen LogP contribution in [0, 0.1) is 0 Å². The first-order chi connectivity index (χ1) is 16.5. The van der Waals surface area contributed by atoms with Crippen molar-refractivity contribution in [1.82, 2.24) is 10.7 Å². The highest BCUT2D eigenvalue weighted by atomic mass is 79.9. The number of amides is 2. The van der Waals surface area contributed by atoms with E-state index in [1.165, 1.54) is 12.3 Å². The molecule has 0 aliphatic carbocycles. The molecule has 3 aromatic carbocycles. The van der Waals surface area contributed by atoms with Gasteiger partial charge in [-0.1, -0.05) is 40.2 Å². The smallest absolute Gasteiger partial charge is 0.287 e. The number of rotatable bonds is 7. The Morgan fingerprint density at radius 1 is 1.03 bits per heavy atom. The number of benzene rings is 3. The molecule has 0 saturated carbocycles. The summed E-state index contributed by atoms with van der Waals surface area (Å²) < 4.78 is 16.9. The van der Waals surface area contributed by atoms with Gasteiger partial charge in [0.15, 0.2) is 11.5 Å². The molecule has 1 heterocycles. The molecule has 3 aromatic rings. The van der Waals surface area contributed by atoms with E-state index in [0.717, 1.165) is 4.47 Å². The Kier molecular flexibility index (Phi) is 7.24. The standard InChI is InChI=1S/C25H20BrN3O5/c1-32-21-10-8-19(26)13-18(21)14-27-29-25(31)20(28-24(30)17-5-3-2-4-6-17)11-16-7-9-22-23(12-16)34-15-33-22/h2-14H,15H2,1H3,(H,28,30)(H,29,31). The van der Waals surface area contributed by atoms with Crippen LogP contribution in [-0.2, 0) is 4.79 Å². The van der Waals surface area contributed by atoms with Gasteiger partial charge < -0.3 is 19.5 Å². The monoisotopic (exact) mass is 521 g/mol. The molecule has 0 unspecified atom stereocenters. The third-order valence-corrected chi connectivity index (χ3v) is 5.29. The topological polar surface area (TPSA) is 98.2 Å². The molecular weight excluding hydrogens is 502 g/mol. The van der Waals surface area contributed by atoms with E-state index in [1.807, 2.05) is 6.07 Å². The van der Waals surface area contributed by atoms with Crippen molar-refractivity contribution in [3.05, 3.63) is 93.6 Å². The van der Waals surface area contributed by atoms with Gasteiger partial charge in [0, 0.05) is 15.6 Å². The van der Waals surface area contributed by atoms with Gasteiger partial charge in [-0.3, -0.25) is 9.59 Å². The van der Waals surface area contributed by atoms with Crippen LogP contribution in [-0.4, -0.2) is 31.9 Å². The van der Waals surface area contributed by atoms with Gasteiger partial charge in [0.2, 0.25) is 6.79 Å². The van der Waals surface area contributed by atoms with Crippen LogP contribution in [0.5, 0.6) is 17.2 Å². The van der Waals surface area contributed by atoms with Crippen LogP contribution in [0.25, 0.3) is 6.08 Å². The zero-order valence-electron chi connectivity index (χ0n) is 18.1. The molecule has 0 atom stereocenters. The number of methoxy groups -OCH3 is 1. The van der Waals surface area contributed by atoms with Crippen LogP contribution >= 0.6 is 15.9 Å². The van der Waals surface area contributed by atoms with Crippen molar-refractivity contribution in [3.8, 4) is 17.2 Å². The Labute approximate surface area is 204 Å². The summed E-state index contributed by atoms with van der Waals surface area (Å²) in [5, 5.41) is 6.69. The highest BCUT2D eigenvalue weighted by Crippen LogP contribution is 2.33. The molecular formula is C25H20BrN3O5. The van der Waals surface area contributed by atoms with Crippen molar-refractivity contribution >= 4 is 40.0 Å². The average molecular weight is 522 g/mol. The minimum absolute atomic E-state index is 0.00563. The fourth-order valence-corrected chi connectivity index (χ4v) is 3.52. The zero-order valence-corrected chi connectivity index (χ0v) is 19.7. The van der Waals surface area contributed by atoms with Gasteiger partial charge in [0.05, 0.1) is 13.3 Å². The van der Waals surface area contributed by atoms with Crippen molar-refractivity contribution in [2.75, 3.05) is 13.9 Å². The molecule has 2 amide bonds. The lowest BCUT2D eigenvalue weighted by Crippen LogP contribution is -2.32. The zero-order chi connectivity index (χ0) is 23.9. The second-order valence-electron chi connectivity index (χ2n) is 7.08. The number of nitrogens with one attached hydrogen (secondary N) is 2. The van der Waals surface area contributed by atoms with E-state index < -0.39 is 11.8 Å². The number of carbonyl (C=O) groups is 2. The van der Waals surface area contributed by atoms with Crippen LogP contribution in [0.3, 0.4) is 0 Å². The van der Waals surface area contributed by atoms with E-state index in [2.05, 4.69) is 31.8 Å². The summed E-state index contributed by atoms with van der Waals surface area (Å²) in [6.07, 6.45) is 2.99. The Balaban J connectivity index is 1.57. The second kappa shape index (κ2) is 10.7. The molecule has 0 spiro atoms. The molecule has 0 saturated heterocycles. The summed E-state index contributed by atoms with van der Waals surface area (Å²) in [6, 6.07) is 19.2. The maximum absolute atomic E-state index is 13.0. The van der Waals surface area contributed by atoms with Crippen LogP contribution < -0.4 is 25.0 Å². The fourth-order valence-electron chi connectivity index (χ4n) is 3.14. The lowest BCUT2D eigenvalue weighted by molar-refractivity contribution is -0.117. The fraction of sp³-hybridized carbons (Fsp3) is 0.0800. The first kappa shape index (κ1) is 23.1. The molecule has 0 radical (unpaired) electrons. The highest BCUT2D eigenvalue weighted by molar-refractivity contribution is 9.10. The molecule has 1 aliphatic rings. The Hall–Kier alpha value is -4.11. The molecule has 0 aromatic heterocycles. The number of carbonyl (C=O) groups excluding carboxylic acids is 2. The third kappa shape index (κ3) is 5.62. The van der Waals surface area contributed by atoms with E-state index in [9.17, 15) is 9.59 Å². The Morgan fingerprint density at radius 2 is 1.82 bits per heavy atom. The van der Waals surface area contributed by atoms with Crippen LogP contribution in [0.4, 0.5) is 0 Å². The summed E-state index contributed by atoms with van der Waals surface area (Å²) in [6.45, 7) is 0.133. The summed E-state index contributed by atoms with van der Waals surface area (Å²) in [4.78, 5) is 25.7. The van der Waals surface area contributed by atoms with Crippen molar-refractivity contribution in [2.24, 2.45) is 5.10 Å². The van der Waals surface area contributed by atoms with Gasteiger partial charge in [0.1, 0.15) is 11.4 Å². The third-order valence-electron chi connectivity index (χ3n) is 4.80. The van der Waals surface area contributed by atoms with Gasteiger partial charge in [-0.05, 0) is 54.1 Å². The van der Waals surface area contributed by atoms with Crippen molar-refractivity contribution in [2.45, 2.75) is 0 Å². The SMILES string of the molecule is COc1ccc(Br)cc1C=NNC(=O)C(=Cc1ccc2c(c1)OCO2)NC(=O)c1ccccc1. The van der Waals surface area contributed by atoms with Crippen molar-refractivity contribution in [3.63, 3.8) is 0 Å². The molecule has 172 valence electrons. The molecule has 1 aliphatic heterocycles. The summed E-state index contributed by atoms with van der Waals surface area (Å²) in [7, 11) is 1.55. The lowest BCUT2D eigenvalue weighted by atomic mass is 10.1. The second-order valence-corrected chi connectivity index (χ2v) is 7.99. The van der Waals surface area contributed by atoms with Crippen molar-refractivity contribution in [1.29, 1.82) is 0 Å². The number of hydrogen-bond donors (Lipinski definition) is 2. The van der Waals surface area contributed by atoms with Crippen LogP contribution in [0.15, 0.2) is 82.0 Å². The molecule has 0 fully saturated rings. The first-order valence-corrected chi connectivity index (χ1v) is 11.0. The van der Waals surface area contributed by atoms with Gasteiger partial charge in [0.25, 0.3) is 11.8 Å². The molecule has 9 heteroatoms. The number of nitrogens with zero attached hydrogens (tertiary/aromatic N) is 1. The maximum Gasteiger partial charge on any atom is 0.287 e. The minimum atomic E-state index is -0.604. The number of fused-ring (bicyclic) bond motifs is 1. The lowest BCUT2D eigenvalue weighted by Gasteiger charge is -2.10. The van der Waals surface area contributed by atoms with Gasteiger partial charge in [-0.25, -0.2) is 5.43 Å².